The molecule has 4 aromatic rings. The van der Waals surface area contributed by atoms with Gasteiger partial charge in [-0.1, -0.05) is 55.8 Å². The molecule has 3 heterocycles. The van der Waals surface area contributed by atoms with Crippen molar-refractivity contribution in [3.8, 4) is 0 Å². The maximum absolute atomic E-state index is 13.5. The van der Waals surface area contributed by atoms with Crippen LogP contribution in [0, 0.1) is 0 Å². The number of piperazine rings is 1. The van der Waals surface area contributed by atoms with E-state index in [2.05, 4.69) is 34.2 Å². The first-order chi connectivity index (χ1) is 15.3. The molecule has 6 nitrogen and oxygen atoms in total. The molecule has 0 spiro atoms. The first-order valence-corrected chi connectivity index (χ1v) is 11.0. The Labute approximate surface area is 181 Å². The van der Waals surface area contributed by atoms with Crippen LogP contribution < -0.4 is 4.90 Å². The van der Waals surface area contributed by atoms with Gasteiger partial charge in [0.15, 0.2) is 5.82 Å². The standard InChI is InChI=1S/C25H26N4O2/c1-2-3-11-22-23(20-10-6-7-12-21(20)31-22)25(30)29-15-13-28(14-16-29)24-19-9-5-4-8-18(19)17-26-27-24/h4-10,12,17H,2-3,11,13-16H2,1H3. The number of hydrogen-bond donors (Lipinski definition) is 0. The molecule has 5 rings (SSSR count). The third kappa shape index (κ3) is 3.63. The van der Waals surface area contributed by atoms with E-state index in [1.165, 1.54) is 0 Å². The summed E-state index contributed by atoms with van der Waals surface area (Å²) in [5, 5.41) is 11.7. The minimum absolute atomic E-state index is 0.0692. The molecule has 0 unspecified atom stereocenters. The summed E-state index contributed by atoms with van der Waals surface area (Å²) in [6.45, 7) is 4.91. The number of para-hydroxylation sites is 1. The lowest BCUT2D eigenvalue weighted by atomic mass is 10.1. The second kappa shape index (κ2) is 8.38. The molecule has 0 aliphatic carbocycles. The molecule has 1 saturated heterocycles. The summed E-state index contributed by atoms with van der Waals surface area (Å²) in [5.74, 6) is 1.78. The number of aryl methyl sites for hydroxylation is 1. The van der Waals surface area contributed by atoms with Gasteiger partial charge in [-0.25, -0.2) is 0 Å². The highest BCUT2D eigenvalue weighted by Crippen LogP contribution is 2.29. The second-order valence-corrected chi connectivity index (χ2v) is 8.03. The molecule has 31 heavy (non-hydrogen) atoms. The van der Waals surface area contributed by atoms with E-state index in [0.29, 0.717) is 13.1 Å². The number of aromatic nitrogens is 2. The number of amides is 1. The molecule has 1 aliphatic heterocycles. The van der Waals surface area contributed by atoms with Crippen LogP contribution in [0.3, 0.4) is 0 Å². The lowest BCUT2D eigenvalue weighted by Crippen LogP contribution is -2.49. The Kier molecular flexibility index (Phi) is 5.28. The first-order valence-electron chi connectivity index (χ1n) is 11.0. The van der Waals surface area contributed by atoms with Crippen LogP contribution in [0.1, 0.15) is 35.9 Å². The Hall–Kier alpha value is -3.41. The van der Waals surface area contributed by atoms with Crippen LogP contribution in [0.25, 0.3) is 21.7 Å². The minimum atomic E-state index is 0.0692. The van der Waals surface area contributed by atoms with Crippen molar-refractivity contribution in [3.05, 3.63) is 66.1 Å². The van der Waals surface area contributed by atoms with E-state index in [1.54, 1.807) is 6.20 Å². The Balaban J connectivity index is 1.38. The summed E-state index contributed by atoms with van der Waals surface area (Å²) in [7, 11) is 0. The lowest BCUT2D eigenvalue weighted by Gasteiger charge is -2.35. The second-order valence-electron chi connectivity index (χ2n) is 8.03. The Morgan fingerprint density at radius 2 is 1.74 bits per heavy atom. The van der Waals surface area contributed by atoms with Gasteiger partial charge in [-0.15, -0.1) is 5.10 Å². The average molecular weight is 415 g/mol. The van der Waals surface area contributed by atoms with E-state index in [-0.39, 0.29) is 5.91 Å². The largest absolute Gasteiger partial charge is 0.460 e. The molecule has 6 heteroatoms. The van der Waals surface area contributed by atoms with Crippen molar-refractivity contribution in [3.63, 3.8) is 0 Å². The number of nitrogens with zero attached hydrogens (tertiary/aromatic N) is 4. The molecule has 0 atom stereocenters. The lowest BCUT2D eigenvalue weighted by molar-refractivity contribution is 0.0746. The smallest absolute Gasteiger partial charge is 0.258 e. The molecular weight excluding hydrogens is 388 g/mol. The highest BCUT2D eigenvalue weighted by Gasteiger charge is 2.28. The van der Waals surface area contributed by atoms with Crippen LogP contribution in [-0.4, -0.2) is 47.2 Å². The normalized spacial score (nSPS) is 14.5. The van der Waals surface area contributed by atoms with Crippen LogP contribution in [0.15, 0.2) is 59.1 Å². The summed E-state index contributed by atoms with van der Waals surface area (Å²) in [6.07, 6.45) is 4.65. The summed E-state index contributed by atoms with van der Waals surface area (Å²) < 4.78 is 6.08. The van der Waals surface area contributed by atoms with Gasteiger partial charge in [-0.3, -0.25) is 4.79 Å². The predicted octanol–water partition coefficient (Wildman–Crippen LogP) is 4.68. The maximum Gasteiger partial charge on any atom is 0.258 e. The van der Waals surface area contributed by atoms with E-state index in [1.807, 2.05) is 41.3 Å². The van der Waals surface area contributed by atoms with Gasteiger partial charge in [0, 0.05) is 48.8 Å². The molecule has 2 aromatic carbocycles. The van der Waals surface area contributed by atoms with Crippen LogP contribution in [0.2, 0.25) is 0 Å². The van der Waals surface area contributed by atoms with Gasteiger partial charge >= 0.3 is 0 Å². The number of furan rings is 1. The van der Waals surface area contributed by atoms with E-state index in [9.17, 15) is 4.79 Å². The molecule has 0 radical (unpaired) electrons. The molecule has 1 amide bonds. The van der Waals surface area contributed by atoms with Crippen molar-refractivity contribution < 1.29 is 9.21 Å². The SMILES string of the molecule is CCCCc1oc2ccccc2c1C(=O)N1CCN(c2nncc3ccccc23)CC1. The summed E-state index contributed by atoms with van der Waals surface area (Å²) >= 11 is 0. The summed E-state index contributed by atoms with van der Waals surface area (Å²) in [6, 6.07) is 16.0. The van der Waals surface area contributed by atoms with Crippen molar-refractivity contribution in [2.45, 2.75) is 26.2 Å². The maximum atomic E-state index is 13.5. The van der Waals surface area contributed by atoms with E-state index >= 15 is 0 Å². The molecule has 0 N–H and O–H groups in total. The van der Waals surface area contributed by atoms with Crippen LogP contribution in [0.4, 0.5) is 5.82 Å². The number of carbonyl (C=O) groups is 1. The van der Waals surface area contributed by atoms with Gasteiger partial charge in [0.05, 0.1) is 11.8 Å². The van der Waals surface area contributed by atoms with E-state index in [0.717, 1.165) is 71.2 Å². The van der Waals surface area contributed by atoms with Gasteiger partial charge in [0.1, 0.15) is 11.3 Å². The number of unbranched alkanes of at least 4 members (excludes halogenated alkanes) is 1. The van der Waals surface area contributed by atoms with Crippen molar-refractivity contribution in [1.82, 2.24) is 15.1 Å². The molecule has 0 bridgehead atoms. The highest BCUT2D eigenvalue weighted by atomic mass is 16.3. The Morgan fingerprint density at radius 1 is 1.00 bits per heavy atom. The van der Waals surface area contributed by atoms with Gasteiger partial charge in [0.2, 0.25) is 0 Å². The third-order valence-electron chi connectivity index (χ3n) is 6.06. The third-order valence-corrected chi connectivity index (χ3v) is 6.06. The molecule has 158 valence electrons. The monoisotopic (exact) mass is 414 g/mol. The van der Waals surface area contributed by atoms with Gasteiger partial charge < -0.3 is 14.2 Å². The highest BCUT2D eigenvalue weighted by molar-refractivity contribution is 6.07. The number of carbonyl (C=O) groups excluding carboxylic acids is 1. The van der Waals surface area contributed by atoms with Crippen molar-refractivity contribution in [1.29, 1.82) is 0 Å². The first kappa shape index (κ1) is 19.5. The zero-order valence-corrected chi connectivity index (χ0v) is 17.8. The minimum Gasteiger partial charge on any atom is -0.460 e. The average Bonchev–Trinajstić information content (AvgIpc) is 3.20. The van der Waals surface area contributed by atoms with Crippen LogP contribution >= 0.6 is 0 Å². The predicted molar refractivity (Wildman–Crippen MR) is 122 cm³/mol. The fourth-order valence-electron chi connectivity index (χ4n) is 4.37. The number of anilines is 1. The Bertz CT molecular complexity index is 1220. The van der Waals surface area contributed by atoms with E-state index < -0.39 is 0 Å². The number of hydrogen-bond acceptors (Lipinski definition) is 5. The van der Waals surface area contributed by atoms with Gasteiger partial charge in [-0.05, 0) is 12.5 Å². The van der Waals surface area contributed by atoms with Crippen molar-refractivity contribution in [2.75, 3.05) is 31.1 Å². The van der Waals surface area contributed by atoms with Crippen LogP contribution in [0.5, 0.6) is 0 Å². The topological polar surface area (TPSA) is 62.5 Å². The zero-order chi connectivity index (χ0) is 21.2. The summed E-state index contributed by atoms with van der Waals surface area (Å²) in [4.78, 5) is 17.7. The number of rotatable bonds is 5. The molecule has 1 aliphatic rings. The van der Waals surface area contributed by atoms with Crippen LogP contribution in [-0.2, 0) is 6.42 Å². The summed E-state index contributed by atoms with van der Waals surface area (Å²) in [5.41, 5.74) is 1.53. The fraction of sp³-hybridized carbons (Fsp3) is 0.320. The van der Waals surface area contributed by atoms with Crippen molar-refractivity contribution >= 4 is 33.5 Å². The molecule has 2 aromatic heterocycles. The van der Waals surface area contributed by atoms with Gasteiger partial charge in [-0.2, -0.15) is 5.10 Å². The van der Waals surface area contributed by atoms with E-state index in [4.69, 9.17) is 4.42 Å². The Morgan fingerprint density at radius 3 is 2.55 bits per heavy atom. The molecule has 1 fully saturated rings. The van der Waals surface area contributed by atoms with Crippen molar-refractivity contribution in [2.24, 2.45) is 0 Å². The quantitative estimate of drug-likeness (QED) is 0.474. The zero-order valence-electron chi connectivity index (χ0n) is 17.8. The molecular formula is C25H26N4O2. The number of fused-ring (bicyclic) bond motifs is 2. The fourth-order valence-corrected chi connectivity index (χ4v) is 4.37. The van der Waals surface area contributed by atoms with Gasteiger partial charge in [0.25, 0.3) is 5.91 Å². The molecule has 0 saturated carbocycles. The number of benzene rings is 2.